The van der Waals surface area contributed by atoms with Crippen molar-refractivity contribution in [2.45, 2.75) is 12.0 Å². The third-order valence-corrected chi connectivity index (χ3v) is 5.93. The molecule has 1 aromatic rings. The number of morpholine rings is 1. The third kappa shape index (κ3) is 3.82. The zero-order chi connectivity index (χ0) is 16.1. The first-order chi connectivity index (χ1) is 11.2. The van der Waals surface area contributed by atoms with Gasteiger partial charge in [0.15, 0.2) is 0 Å². The molecule has 1 atom stereocenters. The molecule has 5 nitrogen and oxygen atoms in total. The molecule has 3 rings (SSSR count). The lowest BCUT2D eigenvalue weighted by Crippen LogP contribution is -2.59. The number of hydrogen-bond donors (Lipinski definition) is 1. The van der Waals surface area contributed by atoms with Crippen molar-refractivity contribution in [3.63, 3.8) is 0 Å². The minimum atomic E-state index is -0.0165. The molecule has 6 heteroatoms. The number of hydrogen-bond acceptors (Lipinski definition) is 5. The lowest BCUT2D eigenvalue weighted by atomic mass is 9.95. The van der Waals surface area contributed by atoms with Crippen molar-refractivity contribution in [3.8, 4) is 5.75 Å². The van der Waals surface area contributed by atoms with Gasteiger partial charge in [-0.3, -0.25) is 9.69 Å². The van der Waals surface area contributed by atoms with Crippen molar-refractivity contribution in [2.75, 3.05) is 51.5 Å². The first-order valence-corrected chi connectivity index (χ1v) is 9.22. The van der Waals surface area contributed by atoms with E-state index in [-0.39, 0.29) is 11.4 Å². The molecule has 0 bridgehead atoms. The Labute approximate surface area is 141 Å². The lowest BCUT2D eigenvalue weighted by Gasteiger charge is -2.43. The lowest BCUT2D eigenvalue weighted by molar-refractivity contribution is -0.0129. The first kappa shape index (κ1) is 16.6. The fraction of sp³-hybridized carbons (Fsp3) is 0.588. The zero-order valence-electron chi connectivity index (χ0n) is 13.5. The summed E-state index contributed by atoms with van der Waals surface area (Å²) in [7, 11) is 1.62. The summed E-state index contributed by atoms with van der Waals surface area (Å²) in [4.78, 5) is 14.9. The van der Waals surface area contributed by atoms with Crippen molar-refractivity contribution in [1.82, 2.24) is 10.2 Å². The fourth-order valence-corrected chi connectivity index (χ4v) is 4.70. The largest absolute Gasteiger partial charge is 0.497 e. The normalized spacial score (nSPS) is 25.3. The Morgan fingerprint density at radius 1 is 1.35 bits per heavy atom. The van der Waals surface area contributed by atoms with Crippen molar-refractivity contribution < 1.29 is 14.3 Å². The number of thioether (sulfide) groups is 1. The van der Waals surface area contributed by atoms with Gasteiger partial charge < -0.3 is 14.8 Å². The number of nitrogens with zero attached hydrogens (tertiary/aromatic N) is 1. The highest BCUT2D eigenvalue weighted by atomic mass is 32.2. The van der Waals surface area contributed by atoms with Gasteiger partial charge >= 0.3 is 0 Å². The van der Waals surface area contributed by atoms with Gasteiger partial charge in [0.05, 0.1) is 20.3 Å². The van der Waals surface area contributed by atoms with E-state index in [2.05, 4.69) is 10.2 Å². The molecule has 23 heavy (non-hydrogen) atoms. The van der Waals surface area contributed by atoms with Gasteiger partial charge in [-0.05, 0) is 36.4 Å². The van der Waals surface area contributed by atoms with E-state index >= 15 is 0 Å². The SMILES string of the molecule is COc1ccc(C(=O)NCC2(N3CCOCC3)CCSC2)cc1. The van der Waals surface area contributed by atoms with Crippen LogP contribution in [0.3, 0.4) is 0 Å². The molecular formula is C17H24N2O3S. The van der Waals surface area contributed by atoms with Crippen LogP contribution < -0.4 is 10.1 Å². The molecule has 2 fully saturated rings. The zero-order valence-corrected chi connectivity index (χ0v) is 14.4. The van der Waals surface area contributed by atoms with Gasteiger partial charge in [0, 0.05) is 36.5 Å². The van der Waals surface area contributed by atoms with Crippen LogP contribution in [0.4, 0.5) is 0 Å². The number of methoxy groups -OCH3 is 1. The highest BCUT2D eigenvalue weighted by Gasteiger charge is 2.40. The molecule has 0 spiro atoms. The van der Waals surface area contributed by atoms with Gasteiger partial charge in [-0.25, -0.2) is 0 Å². The Morgan fingerprint density at radius 3 is 2.70 bits per heavy atom. The van der Waals surface area contributed by atoms with Crippen LogP contribution in [0.5, 0.6) is 5.75 Å². The quantitative estimate of drug-likeness (QED) is 0.886. The van der Waals surface area contributed by atoms with E-state index in [9.17, 15) is 4.79 Å². The summed E-state index contributed by atoms with van der Waals surface area (Å²) < 4.78 is 10.6. The molecular weight excluding hydrogens is 312 g/mol. The Bertz CT molecular complexity index is 523. The fourth-order valence-electron chi connectivity index (χ4n) is 3.22. The van der Waals surface area contributed by atoms with Crippen LogP contribution in [0, 0.1) is 0 Å². The highest BCUT2D eigenvalue weighted by Crippen LogP contribution is 2.33. The van der Waals surface area contributed by atoms with Gasteiger partial charge in [0.25, 0.3) is 5.91 Å². The number of amides is 1. The predicted molar refractivity (Wildman–Crippen MR) is 92.4 cm³/mol. The summed E-state index contributed by atoms with van der Waals surface area (Å²) in [6.45, 7) is 4.19. The van der Waals surface area contributed by atoms with Crippen LogP contribution in [0.1, 0.15) is 16.8 Å². The van der Waals surface area contributed by atoms with Gasteiger partial charge in [0.1, 0.15) is 5.75 Å². The Hall–Kier alpha value is -1.24. The van der Waals surface area contributed by atoms with E-state index in [1.807, 2.05) is 23.9 Å². The Morgan fingerprint density at radius 2 is 2.09 bits per heavy atom. The molecule has 2 heterocycles. The Kier molecular flexibility index (Phi) is 5.46. The van der Waals surface area contributed by atoms with Crippen molar-refractivity contribution in [2.24, 2.45) is 0 Å². The molecule has 0 saturated carbocycles. The van der Waals surface area contributed by atoms with Gasteiger partial charge in [-0.15, -0.1) is 0 Å². The minimum absolute atomic E-state index is 0.0165. The number of carbonyl (C=O) groups excluding carboxylic acids is 1. The number of ether oxygens (including phenoxy) is 2. The van der Waals surface area contributed by atoms with Crippen molar-refractivity contribution in [3.05, 3.63) is 29.8 Å². The summed E-state index contributed by atoms with van der Waals surface area (Å²) >= 11 is 1.98. The summed E-state index contributed by atoms with van der Waals surface area (Å²) in [5, 5.41) is 3.14. The predicted octanol–water partition coefficient (Wildman–Crippen LogP) is 1.63. The molecule has 126 valence electrons. The summed E-state index contributed by atoms with van der Waals surface area (Å²) in [6.07, 6.45) is 1.13. The van der Waals surface area contributed by atoms with E-state index in [4.69, 9.17) is 9.47 Å². The van der Waals surface area contributed by atoms with E-state index < -0.39 is 0 Å². The molecule has 2 aliphatic rings. The first-order valence-electron chi connectivity index (χ1n) is 8.06. The minimum Gasteiger partial charge on any atom is -0.497 e. The van der Waals surface area contributed by atoms with E-state index in [1.54, 1.807) is 19.2 Å². The van der Waals surface area contributed by atoms with Gasteiger partial charge in [0.2, 0.25) is 0 Å². The smallest absolute Gasteiger partial charge is 0.251 e. The van der Waals surface area contributed by atoms with Crippen molar-refractivity contribution in [1.29, 1.82) is 0 Å². The average Bonchev–Trinajstić information content (AvgIpc) is 3.11. The van der Waals surface area contributed by atoms with Gasteiger partial charge in [-0.1, -0.05) is 0 Å². The van der Waals surface area contributed by atoms with Crippen LogP contribution in [0.2, 0.25) is 0 Å². The molecule has 1 aromatic carbocycles. The number of rotatable bonds is 5. The summed E-state index contributed by atoms with van der Waals surface area (Å²) in [6, 6.07) is 7.24. The topological polar surface area (TPSA) is 50.8 Å². The maximum atomic E-state index is 12.4. The third-order valence-electron chi connectivity index (χ3n) is 4.69. The molecule has 1 N–H and O–H groups in total. The van der Waals surface area contributed by atoms with E-state index in [0.717, 1.165) is 50.0 Å². The van der Waals surface area contributed by atoms with Crippen LogP contribution in [0.15, 0.2) is 24.3 Å². The highest BCUT2D eigenvalue weighted by molar-refractivity contribution is 7.99. The number of benzene rings is 1. The summed E-state index contributed by atoms with van der Waals surface area (Å²) in [5.41, 5.74) is 0.755. The molecule has 2 saturated heterocycles. The molecule has 0 aromatic heterocycles. The molecule has 1 amide bonds. The maximum absolute atomic E-state index is 12.4. The molecule has 0 radical (unpaired) electrons. The van der Waals surface area contributed by atoms with Crippen molar-refractivity contribution >= 4 is 17.7 Å². The van der Waals surface area contributed by atoms with Crippen LogP contribution in [-0.2, 0) is 4.74 Å². The molecule has 1 unspecified atom stereocenters. The second kappa shape index (κ2) is 7.55. The second-order valence-electron chi connectivity index (χ2n) is 6.04. The average molecular weight is 336 g/mol. The maximum Gasteiger partial charge on any atom is 0.251 e. The Balaban J connectivity index is 1.62. The molecule has 0 aliphatic carbocycles. The van der Waals surface area contributed by atoms with Crippen LogP contribution >= 0.6 is 11.8 Å². The number of nitrogens with one attached hydrogen (secondary N) is 1. The van der Waals surface area contributed by atoms with Crippen LogP contribution in [0.25, 0.3) is 0 Å². The van der Waals surface area contributed by atoms with Crippen LogP contribution in [-0.4, -0.2) is 67.8 Å². The van der Waals surface area contributed by atoms with E-state index in [0.29, 0.717) is 12.1 Å². The van der Waals surface area contributed by atoms with Gasteiger partial charge in [-0.2, -0.15) is 11.8 Å². The van der Waals surface area contributed by atoms with E-state index in [1.165, 1.54) is 0 Å². The monoisotopic (exact) mass is 336 g/mol. The number of carbonyl (C=O) groups is 1. The standard InChI is InChI=1S/C17H24N2O3S/c1-21-15-4-2-14(3-5-15)16(20)18-12-17(6-11-23-13-17)19-7-9-22-10-8-19/h2-5H,6-13H2,1H3,(H,18,20). The second-order valence-corrected chi connectivity index (χ2v) is 7.14. The summed E-state index contributed by atoms with van der Waals surface area (Å²) in [5.74, 6) is 2.99. The molecule has 2 aliphatic heterocycles.